The molecule has 0 N–H and O–H groups in total. The van der Waals surface area contributed by atoms with E-state index in [0.717, 1.165) is 53.0 Å². The van der Waals surface area contributed by atoms with Crippen LogP contribution in [0.4, 0.5) is 5.69 Å². The van der Waals surface area contributed by atoms with Gasteiger partial charge in [0.05, 0.1) is 25.1 Å². The molecule has 3 heterocycles. The summed E-state index contributed by atoms with van der Waals surface area (Å²) in [4.78, 5) is 34.5. The van der Waals surface area contributed by atoms with Crippen LogP contribution < -0.4 is 4.90 Å². The standard InChI is InChI=1S/C31H35N3O4S/c1-4-38-18-17-34(30(35)24-10-8-21(2)9-11-24)26-19-27(39-29(26)31(36)37-3)23-14-12-22(13-15-23)25-20-33-16-6-5-7-28(33)32-25/h5-7,12-16,19-21,24H,4,8-11,17-18H2,1-3H3. The Morgan fingerprint density at radius 3 is 2.51 bits per heavy atom. The summed E-state index contributed by atoms with van der Waals surface area (Å²) in [5.74, 6) is 0.238. The number of thiophene rings is 1. The maximum atomic E-state index is 13.8. The summed E-state index contributed by atoms with van der Waals surface area (Å²) in [5.41, 5.74) is 4.37. The Morgan fingerprint density at radius 2 is 1.82 bits per heavy atom. The van der Waals surface area contributed by atoms with Crippen molar-refractivity contribution in [2.75, 3.05) is 31.8 Å². The first-order chi connectivity index (χ1) is 19.0. The minimum atomic E-state index is -0.436. The SMILES string of the molecule is CCOCCN(C(=O)C1CCC(C)CC1)c1cc(-c2ccc(-c3cn4ccccc4n3)cc2)sc1C(=O)OC. The fourth-order valence-corrected chi connectivity index (χ4v) is 6.30. The Labute approximate surface area is 233 Å². The number of pyridine rings is 1. The highest BCUT2D eigenvalue weighted by Crippen LogP contribution is 2.40. The van der Waals surface area contributed by atoms with Gasteiger partial charge in [-0.1, -0.05) is 37.3 Å². The van der Waals surface area contributed by atoms with Crippen molar-refractivity contribution < 1.29 is 19.1 Å². The average molecular weight is 546 g/mol. The number of ether oxygens (including phenoxy) is 2. The number of carbonyl (C=O) groups excluding carboxylic acids is 2. The van der Waals surface area contributed by atoms with Crippen molar-refractivity contribution in [2.24, 2.45) is 11.8 Å². The molecule has 0 saturated heterocycles. The van der Waals surface area contributed by atoms with Crippen LogP contribution in [0.1, 0.15) is 49.2 Å². The van der Waals surface area contributed by atoms with Gasteiger partial charge in [0, 0.05) is 41.9 Å². The molecule has 7 nitrogen and oxygen atoms in total. The zero-order valence-corrected chi connectivity index (χ0v) is 23.6. The number of fused-ring (bicyclic) bond motifs is 1. The van der Waals surface area contributed by atoms with E-state index in [2.05, 4.69) is 6.92 Å². The van der Waals surface area contributed by atoms with E-state index in [9.17, 15) is 9.59 Å². The Hall–Kier alpha value is -3.49. The predicted octanol–water partition coefficient (Wildman–Crippen LogP) is 6.71. The van der Waals surface area contributed by atoms with E-state index in [0.29, 0.717) is 36.2 Å². The highest BCUT2D eigenvalue weighted by molar-refractivity contribution is 7.18. The van der Waals surface area contributed by atoms with Gasteiger partial charge in [-0.25, -0.2) is 9.78 Å². The molecule has 0 unspecified atom stereocenters. The first kappa shape index (κ1) is 27.1. The van der Waals surface area contributed by atoms with Gasteiger partial charge in [0.1, 0.15) is 10.5 Å². The van der Waals surface area contributed by atoms with Gasteiger partial charge >= 0.3 is 5.97 Å². The van der Waals surface area contributed by atoms with Crippen molar-refractivity contribution in [3.63, 3.8) is 0 Å². The van der Waals surface area contributed by atoms with Crippen molar-refractivity contribution in [2.45, 2.75) is 39.5 Å². The smallest absolute Gasteiger partial charge is 0.350 e. The third kappa shape index (κ3) is 5.92. The molecule has 1 fully saturated rings. The molecule has 204 valence electrons. The molecule has 0 aliphatic heterocycles. The second-order valence-electron chi connectivity index (χ2n) is 10.1. The lowest BCUT2D eigenvalue weighted by atomic mass is 9.82. The fraction of sp³-hybridized carbons (Fsp3) is 0.387. The molecule has 1 aromatic carbocycles. The number of imidazole rings is 1. The van der Waals surface area contributed by atoms with Crippen LogP contribution in [-0.4, -0.2) is 48.1 Å². The van der Waals surface area contributed by atoms with Gasteiger partial charge < -0.3 is 18.8 Å². The van der Waals surface area contributed by atoms with Crippen LogP contribution in [0.15, 0.2) is 60.9 Å². The molecule has 1 saturated carbocycles. The number of nitrogens with zero attached hydrogens (tertiary/aromatic N) is 3. The van der Waals surface area contributed by atoms with Crippen LogP contribution >= 0.6 is 11.3 Å². The monoisotopic (exact) mass is 545 g/mol. The van der Waals surface area contributed by atoms with E-state index in [1.807, 2.05) is 72.2 Å². The van der Waals surface area contributed by atoms with E-state index in [1.165, 1.54) is 18.4 Å². The van der Waals surface area contributed by atoms with Gasteiger partial charge in [-0.3, -0.25) is 4.79 Å². The number of hydrogen-bond donors (Lipinski definition) is 0. The van der Waals surface area contributed by atoms with Crippen LogP contribution in [0.3, 0.4) is 0 Å². The summed E-state index contributed by atoms with van der Waals surface area (Å²) in [7, 11) is 1.38. The number of hydrogen-bond acceptors (Lipinski definition) is 6. The van der Waals surface area contributed by atoms with Crippen LogP contribution in [0.2, 0.25) is 0 Å². The lowest BCUT2D eigenvalue weighted by Crippen LogP contribution is -2.40. The molecule has 5 rings (SSSR count). The number of methoxy groups -OCH3 is 1. The summed E-state index contributed by atoms with van der Waals surface area (Å²) in [6.45, 7) is 5.55. The topological polar surface area (TPSA) is 73.1 Å². The number of carbonyl (C=O) groups is 2. The van der Waals surface area contributed by atoms with Gasteiger partial charge in [0.25, 0.3) is 0 Å². The molecule has 1 aliphatic rings. The molecule has 0 bridgehead atoms. The zero-order chi connectivity index (χ0) is 27.4. The number of rotatable bonds is 9. The quantitative estimate of drug-likeness (QED) is 0.173. The van der Waals surface area contributed by atoms with Crippen LogP contribution in [0.25, 0.3) is 27.3 Å². The Bertz CT molecular complexity index is 1400. The van der Waals surface area contributed by atoms with E-state index in [4.69, 9.17) is 14.5 Å². The lowest BCUT2D eigenvalue weighted by Gasteiger charge is -2.31. The molecule has 39 heavy (non-hydrogen) atoms. The molecule has 8 heteroatoms. The van der Waals surface area contributed by atoms with E-state index < -0.39 is 5.97 Å². The molecule has 0 atom stereocenters. The zero-order valence-electron chi connectivity index (χ0n) is 22.8. The summed E-state index contributed by atoms with van der Waals surface area (Å²) in [6, 6.07) is 16.0. The third-order valence-electron chi connectivity index (χ3n) is 7.50. The van der Waals surface area contributed by atoms with Crippen molar-refractivity contribution in [1.29, 1.82) is 0 Å². The molecule has 4 aromatic rings. The summed E-state index contributed by atoms with van der Waals surface area (Å²) >= 11 is 1.35. The molecule has 3 aromatic heterocycles. The number of benzene rings is 1. The fourth-order valence-electron chi connectivity index (χ4n) is 5.22. The lowest BCUT2D eigenvalue weighted by molar-refractivity contribution is -0.123. The van der Waals surface area contributed by atoms with Crippen molar-refractivity contribution in [3.8, 4) is 21.7 Å². The Kier molecular flexibility index (Phi) is 8.43. The van der Waals surface area contributed by atoms with Gasteiger partial charge in [0.2, 0.25) is 5.91 Å². The maximum absolute atomic E-state index is 13.8. The molecular weight excluding hydrogens is 510 g/mol. The van der Waals surface area contributed by atoms with E-state index in [1.54, 1.807) is 4.90 Å². The van der Waals surface area contributed by atoms with Gasteiger partial charge in [-0.15, -0.1) is 11.3 Å². The van der Waals surface area contributed by atoms with E-state index >= 15 is 0 Å². The Balaban J connectivity index is 1.46. The minimum Gasteiger partial charge on any atom is -0.465 e. The predicted molar refractivity (Wildman–Crippen MR) is 155 cm³/mol. The number of esters is 1. The molecule has 0 spiro atoms. The molecule has 0 radical (unpaired) electrons. The number of anilines is 1. The van der Waals surface area contributed by atoms with Crippen molar-refractivity contribution >= 4 is 34.5 Å². The first-order valence-electron chi connectivity index (χ1n) is 13.6. The van der Waals surface area contributed by atoms with Crippen LogP contribution in [0, 0.1) is 11.8 Å². The summed E-state index contributed by atoms with van der Waals surface area (Å²) in [5, 5.41) is 0. The van der Waals surface area contributed by atoms with Gasteiger partial charge in [0.15, 0.2) is 0 Å². The highest BCUT2D eigenvalue weighted by atomic mass is 32.1. The minimum absolute atomic E-state index is 0.0404. The van der Waals surface area contributed by atoms with Crippen molar-refractivity contribution in [1.82, 2.24) is 9.38 Å². The average Bonchev–Trinajstić information content (AvgIpc) is 3.60. The van der Waals surface area contributed by atoms with Crippen molar-refractivity contribution in [3.05, 3.63) is 65.8 Å². The van der Waals surface area contributed by atoms with Gasteiger partial charge in [-0.05, 0) is 62.3 Å². The maximum Gasteiger partial charge on any atom is 0.350 e. The first-order valence-corrected chi connectivity index (χ1v) is 14.5. The summed E-state index contributed by atoms with van der Waals surface area (Å²) in [6.07, 6.45) is 7.84. The van der Waals surface area contributed by atoms with E-state index in [-0.39, 0.29) is 11.8 Å². The second-order valence-corrected chi connectivity index (χ2v) is 11.2. The third-order valence-corrected chi connectivity index (χ3v) is 8.65. The van der Waals surface area contributed by atoms with Crippen LogP contribution in [0.5, 0.6) is 0 Å². The largest absolute Gasteiger partial charge is 0.465 e. The van der Waals surface area contributed by atoms with Gasteiger partial charge in [-0.2, -0.15) is 0 Å². The molecule has 1 aliphatic carbocycles. The number of aromatic nitrogens is 2. The Morgan fingerprint density at radius 1 is 1.08 bits per heavy atom. The second kappa shape index (κ2) is 12.1. The highest BCUT2D eigenvalue weighted by Gasteiger charge is 2.32. The normalized spacial score (nSPS) is 17.3. The summed E-state index contributed by atoms with van der Waals surface area (Å²) < 4.78 is 12.8. The number of amides is 1. The van der Waals surface area contributed by atoms with Crippen LogP contribution in [-0.2, 0) is 14.3 Å². The molecular formula is C31H35N3O4S. The molecule has 1 amide bonds.